The standard InChI is InChI=1S/C24H29ClN2O4/c1-3-30-22-15-19(24(29)26-17(2)18-8-7-9-20(25)14-18)10-11-21(22)31-16-23(28)27-12-5-4-6-13-27/h7-11,14-15,17H,3-6,12-13,16H2,1-2H3,(H,26,29). The third-order valence-corrected chi connectivity index (χ3v) is 5.50. The summed E-state index contributed by atoms with van der Waals surface area (Å²) in [6.07, 6.45) is 3.24. The minimum Gasteiger partial charge on any atom is -0.490 e. The number of amides is 2. The summed E-state index contributed by atoms with van der Waals surface area (Å²) < 4.78 is 11.4. The maximum absolute atomic E-state index is 12.8. The van der Waals surface area contributed by atoms with Crippen molar-refractivity contribution in [2.75, 3.05) is 26.3 Å². The van der Waals surface area contributed by atoms with Gasteiger partial charge in [0.2, 0.25) is 0 Å². The minimum absolute atomic E-state index is 0.0284. The first kappa shape index (κ1) is 22.9. The lowest BCUT2D eigenvalue weighted by Gasteiger charge is -2.26. The molecule has 1 N–H and O–H groups in total. The number of nitrogens with one attached hydrogen (secondary N) is 1. The van der Waals surface area contributed by atoms with Crippen LogP contribution in [0, 0.1) is 0 Å². The summed E-state index contributed by atoms with van der Waals surface area (Å²) >= 11 is 6.05. The van der Waals surface area contributed by atoms with Gasteiger partial charge in [-0.05, 0) is 69.0 Å². The molecule has 6 nitrogen and oxygen atoms in total. The molecular formula is C24H29ClN2O4. The number of hydrogen-bond acceptors (Lipinski definition) is 4. The van der Waals surface area contributed by atoms with Crippen molar-refractivity contribution in [1.29, 1.82) is 0 Å². The Kier molecular flexibility index (Phi) is 8.18. The minimum atomic E-state index is -0.232. The monoisotopic (exact) mass is 444 g/mol. The van der Waals surface area contributed by atoms with Gasteiger partial charge in [0.05, 0.1) is 12.6 Å². The lowest BCUT2D eigenvalue weighted by molar-refractivity contribution is -0.134. The highest BCUT2D eigenvalue weighted by atomic mass is 35.5. The van der Waals surface area contributed by atoms with Crippen molar-refractivity contribution >= 4 is 23.4 Å². The molecule has 1 heterocycles. The van der Waals surface area contributed by atoms with Crippen LogP contribution >= 0.6 is 11.6 Å². The lowest BCUT2D eigenvalue weighted by Crippen LogP contribution is -2.38. The third-order valence-electron chi connectivity index (χ3n) is 5.26. The number of carbonyl (C=O) groups is 2. The van der Waals surface area contributed by atoms with Crippen LogP contribution in [0.5, 0.6) is 11.5 Å². The number of carbonyl (C=O) groups excluding carboxylic acids is 2. The molecule has 1 saturated heterocycles. The summed E-state index contributed by atoms with van der Waals surface area (Å²) in [6.45, 7) is 5.69. The van der Waals surface area contributed by atoms with Crippen molar-refractivity contribution in [3.63, 3.8) is 0 Å². The number of benzene rings is 2. The molecule has 0 aromatic heterocycles. The van der Waals surface area contributed by atoms with Crippen LogP contribution in [0.2, 0.25) is 5.02 Å². The number of halogens is 1. The van der Waals surface area contributed by atoms with Gasteiger partial charge in [0.25, 0.3) is 11.8 Å². The molecule has 166 valence electrons. The van der Waals surface area contributed by atoms with Gasteiger partial charge >= 0.3 is 0 Å². The van der Waals surface area contributed by atoms with Gasteiger partial charge < -0.3 is 19.7 Å². The van der Waals surface area contributed by atoms with Gasteiger partial charge in [0.15, 0.2) is 18.1 Å². The van der Waals surface area contributed by atoms with Gasteiger partial charge in [-0.25, -0.2) is 0 Å². The van der Waals surface area contributed by atoms with E-state index in [-0.39, 0.29) is 24.5 Å². The first-order valence-corrected chi connectivity index (χ1v) is 11.1. The molecule has 2 aromatic carbocycles. The zero-order chi connectivity index (χ0) is 22.2. The molecule has 1 aliphatic heterocycles. The number of likely N-dealkylation sites (tertiary alicyclic amines) is 1. The first-order valence-electron chi connectivity index (χ1n) is 10.7. The predicted octanol–water partition coefficient (Wildman–Crippen LogP) is 4.62. The van der Waals surface area contributed by atoms with Gasteiger partial charge in [-0.3, -0.25) is 9.59 Å². The highest BCUT2D eigenvalue weighted by molar-refractivity contribution is 6.30. The Bertz CT molecular complexity index is 912. The van der Waals surface area contributed by atoms with E-state index in [1.807, 2.05) is 36.9 Å². The molecule has 1 aliphatic rings. The fourth-order valence-electron chi connectivity index (χ4n) is 3.55. The number of hydrogen-bond donors (Lipinski definition) is 1. The maximum Gasteiger partial charge on any atom is 0.260 e. The zero-order valence-corrected chi connectivity index (χ0v) is 18.8. The van der Waals surface area contributed by atoms with Crippen LogP contribution in [0.4, 0.5) is 0 Å². The molecule has 2 amide bonds. The van der Waals surface area contributed by atoms with E-state index in [4.69, 9.17) is 21.1 Å². The molecule has 0 aliphatic carbocycles. The predicted molar refractivity (Wildman–Crippen MR) is 121 cm³/mol. The Hall–Kier alpha value is -2.73. The van der Waals surface area contributed by atoms with Crippen molar-refractivity contribution in [2.45, 2.75) is 39.2 Å². The van der Waals surface area contributed by atoms with E-state index in [1.165, 1.54) is 6.42 Å². The molecular weight excluding hydrogens is 416 g/mol. The van der Waals surface area contributed by atoms with Crippen LogP contribution in [0.15, 0.2) is 42.5 Å². The van der Waals surface area contributed by atoms with E-state index >= 15 is 0 Å². The van der Waals surface area contributed by atoms with Crippen LogP contribution in [-0.4, -0.2) is 43.0 Å². The first-order chi connectivity index (χ1) is 15.0. The Balaban J connectivity index is 1.65. The Labute approximate surface area is 188 Å². The average molecular weight is 445 g/mol. The largest absolute Gasteiger partial charge is 0.490 e. The van der Waals surface area contributed by atoms with Crippen molar-refractivity contribution < 1.29 is 19.1 Å². The second-order valence-electron chi connectivity index (χ2n) is 7.57. The number of piperidine rings is 1. The van der Waals surface area contributed by atoms with E-state index in [9.17, 15) is 9.59 Å². The molecule has 1 unspecified atom stereocenters. The summed E-state index contributed by atoms with van der Waals surface area (Å²) in [5.74, 6) is 0.632. The molecule has 1 atom stereocenters. The summed E-state index contributed by atoms with van der Waals surface area (Å²) in [5, 5.41) is 3.59. The smallest absolute Gasteiger partial charge is 0.260 e. The Morgan fingerprint density at radius 1 is 1.06 bits per heavy atom. The summed E-state index contributed by atoms with van der Waals surface area (Å²) in [5.41, 5.74) is 1.37. The van der Waals surface area contributed by atoms with E-state index in [2.05, 4.69) is 5.32 Å². The molecule has 31 heavy (non-hydrogen) atoms. The van der Waals surface area contributed by atoms with E-state index in [0.29, 0.717) is 28.7 Å². The van der Waals surface area contributed by atoms with Crippen molar-refractivity contribution in [2.24, 2.45) is 0 Å². The number of rotatable bonds is 8. The zero-order valence-electron chi connectivity index (χ0n) is 18.0. The second-order valence-corrected chi connectivity index (χ2v) is 8.01. The van der Waals surface area contributed by atoms with Gasteiger partial charge in [-0.2, -0.15) is 0 Å². The molecule has 0 spiro atoms. The molecule has 2 aromatic rings. The van der Waals surface area contributed by atoms with Crippen LogP contribution in [0.3, 0.4) is 0 Å². The number of nitrogens with zero attached hydrogens (tertiary/aromatic N) is 1. The molecule has 1 fully saturated rings. The topological polar surface area (TPSA) is 67.9 Å². The highest BCUT2D eigenvalue weighted by Crippen LogP contribution is 2.29. The van der Waals surface area contributed by atoms with Gasteiger partial charge in [-0.15, -0.1) is 0 Å². The summed E-state index contributed by atoms with van der Waals surface area (Å²) in [6, 6.07) is 12.2. The molecule has 0 bridgehead atoms. The second kappa shape index (κ2) is 11.0. The highest BCUT2D eigenvalue weighted by Gasteiger charge is 2.19. The van der Waals surface area contributed by atoms with Crippen LogP contribution in [0.1, 0.15) is 55.1 Å². The molecule has 3 rings (SSSR count). The van der Waals surface area contributed by atoms with Crippen molar-refractivity contribution in [3.05, 3.63) is 58.6 Å². The van der Waals surface area contributed by atoms with Crippen molar-refractivity contribution in [3.8, 4) is 11.5 Å². The van der Waals surface area contributed by atoms with Crippen LogP contribution < -0.4 is 14.8 Å². The molecule has 0 radical (unpaired) electrons. The molecule has 7 heteroatoms. The van der Waals surface area contributed by atoms with E-state index in [1.54, 1.807) is 24.3 Å². The van der Waals surface area contributed by atoms with Crippen LogP contribution in [-0.2, 0) is 4.79 Å². The average Bonchev–Trinajstić information content (AvgIpc) is 2.78. The Morgan fingerprint density at radius 2 is 1.84 bits per heavy atom. The van der Waals surface area contributed by atoms with Crippen LogP contribution in [0.25, 0.3) is 0 Å². The number of ether oxygens (including phenoxy) is 2. The normalized spacial score (nSPS) is 14.6. The summed E-state index contributed by atoms with van der Waals surface area (Å²) in [7, 11) is 0. The van der Waals surface area contributed by atoms with E-state index in [0.717, 1.165) is 31.5 Å². The lowest BCUT2D eigenvalue weighted by atomic mass is 10.1. The maximum atomic E-state index is 12.8. The molecule has 0 saturated carbocycles. The quantitative estimate of drug-likeness (QED) is 0.645. The Morgan fingerprint density at radius 3 is 2.55 bits per heavy atom. The summed E-state index contributed by atoms with van der Waals surface area (Å²) in [4.78, 5) is 27.0. The SMILES string of the molecule is CCOc1cc(C(=O)NC(C)c2cccc(Cl)c2)ccc1OCC(=O)N1CCCCC1. The van der Waals surface area contributed by atoms with Gasteiger partial charge in [0.1, 0.15) is 0 Å². The van der Waals surface area contributed by atoms with Crippen molar-refractivity contribution in [1.82, 2.24) is 10.2 Å². The van der Waals surface area contributed by atoms with Gasteiger partial charge in [-0.1, -0.05) is 23.7 Å². The third kappa shape index (κ3) is 6.37. The van der Waals surface area contributed by atoms with E-state index < -0.39 is 0 Å². The fraction of sp³-hybridized carbons (Fsp3) is 0.417. The fourth-order valence-corrected chi connectivity index (χ4v) is 3.75. The van der Waals surface area contributed by atoms with Gasteiger partial charge in [0, 0.05) is 23.7 Å².